The molecule has 0 aromatic rings. The Balaban J connectivity index is 0.000000249. The zero-order chi connectivity index (χ0) is 11.0. The topological polar surface area (TPSA) is 94.7 Å². The van der Waals surface area contributed by atoms with E-state index in [1.807, 2.05) is 0 Å². The lowest BCUT2D eigenvalue weighted by Gasteiger charge is -1.74. The number of hydrogen-bond acceptors (Lipinski definition) is 3. The van der Waals surface area contributed by atoms with Gasteiger partial charge in [-0.05, 0) is 0 Å². The minimum absolute atomic E-state index is 0.558. The Bertz CT molecular complexity index is 297. The Hall–Kier alpha value is -2.24. The van der Waals surface area contributed by atoms with Gasteiger partial charge in [0, 0.05) is 29.2 Å². The van der Waals surface area contributed by atoms with E-state index in [1.165, 1.54) is 12.4 Å². The largest absolute Gasteiger partial charge is 0.478 e. The first kappa shape index (κ1) is 11.8. The standard InChI is InChI=1S/C4H4NO.C4H4O4/c6-5-3-1-2-4-5;5-3(6)1-2-4(7)8/h1-4H;1-2H,(H,5,6)(H,7,8)/q+1;/b;2-1-. The van der Waals surface area contributed by atoms with Crippen LogP contribution in [0, 0.1) is 4.91 Å². The molecule has 0 fully saturated rings. The van der Waals surface area contributed by atoms with Crippen LogP contribution >= 0.6 is 0 Å². The summed E-state index contributed by atoms with van der Waals surface area (Å²) in [5, 5.41) is 15.6. The van der Waals surface area contributed by atoms with Crippen LogP contribution in [0.15, 0.2) is 36.7 Å². The highest BCUT2D eigenvalue weighted by molar-refractivity contribution is 5.89. The molecule has 2 N–H and O–H groups in total. The highest BCUT2D eigenvalue weighted by Gasteiger charge is 1.97. The Morgan fingerprint density at radius 1 is 1.00 bits per heavy atom. The molecule has 6 heteroatoms. The molecular formula is C8H8NO5+. The summed E-state index contributed by atoms with van der Waals surface area (Å²) in [5.41, 5.74) is 0. The SMILES string of the molecule is O=C(O)/C=C\C(=O)O.O=[N+]1C=CC=C1. The number of nitroso groups, excluding NO2 is 1. The van der Waals surface area contributed by atoms with Gasteiger partial charge in [-0.2, -0.15) is 0 Å². The van der Waals surface area contributed by atoms with E-state index in [9.17, 15) is 14.5 Å². The van der Waals surface area contributed by atoms with E-state index in [2.05, 4.69) is 0 Å². The maximum Gasteiger partial charge on any atom is 0.328 e. The lowest BCUT2D eigenvalue weighted by molar-refractivity contribution is -0.397. The monoisotopic (exact) mass is 198 g/mol. The van der Waals surface area contributed by atoms with E-state index in [4.69, 9.17) is 10.2 Å². The fourth-order valence-electron chi connectivity index (χ4n) is 0.461. The second-order valence-electron chi connectivity index (χ2n) is 2.05. The van der Waals surface area contributed by atoms with Crippen molar-refractivity contribution in [1.29, 1.82) is 0 Å². The van der Waals surface area contributed by atoms with Gasteiger partial charge in [-0.1, -0.05) is 0 Å². The van der Waals surface area contributed by atoms with Crippen LogP contribution in [0.25, 0.3) is 0 Å². The van der Waals surface area contributed by atoms with Crippen molar-refractivity contribution in [2.24, 2.45) is 0 Å². The first-order valence-corrected chi connectivity index (χ1v) is 3.47. The van der Waals surface area contributed by atoms with Crippen LogP contribution in [0.3, 0.4) is 0 Å². The minimum Gasteiger partial charge on any atom is -0.478 e. The van der Waals surface area contributed by atoms with E-state index >= 15 is 0 Å². The van der Waals surface area contributed by atoms with Crippen LogP contribution < -0.4 is 0 Å². The molecule has 14 heavy (non-hydrogen) atoms. The zero-order valence-electron chi connectivity index (χ0n) is 7.03. The van der Waals surface area contributed by atoms with Crippen molar-refractivity contribution in [2.75, 3.05) is 0 Å². The Labute approximate surface area is 79.0 Å². The maximum absolute atomic E-state index is 9.99. The van der Waals surface area contributed by atoms with Crippen molar-refractivity contribution in [3.8, 4) is 0 Å². The van der Waals surface area contributed by atoms with Gasteiger partial charge in [0.2, 0.25) is 12.4 Å². The lowest BCUT2D eigenvalue weighted by Crippen LogP contribution is -1.91. The van der Waals surface area contributed by atoms with Crippen LogP contribution in [0.5, 0.6) is 0 Å². The average Bonchev–Trinajstić information content (AvgIpc) is 2.53. The third-order valence-corrected chi connectivity index (χ3v) is 0.946. The molecule has 74 valence electrons. The fraction of sp³-hybridized carbons (Fsp3) is 0. The number of nitrogens with zero attached hydrogens (tertiary/aromatic N) is 1. The van der Waals surface area contributed by atoms with E-state index in [0.29, 0.717) is 12.2 Å². The number of carboxylic acids is 2. The number of allylic oxidation sites excluding steroid dienone is 2. The van der Waals surface area contributed by atoms with E-state index in [0.717, 1.165) is 4.76 Å². The summed E-state index contributed by atoms with van der Waals surface area (Å²) in [6.45, 7) is 0. The summed E-state index contributed by atoms with van der Waals surface area (Å²) in [5.74, 6) is -2.51. The van der Waals surface area contributed by atoms with Crippen molar-refractivity contribution >= 4 is 11.9 Å². The van der Waals surface area contributed by atoms with Crippen molar-refractivity contribution in [2.45, 2.75) is 0 Å². The van der Waals surface area contributed by atoms with Crippen LogP contribution in [0.4, 0.5) is 0 Å². The van der Waals surface area contributed by atoms with Gasteiger partial charge in [-0.15, -0.1) is 0 Å². The molecular weight excluding hydrogens is 190 g/mol. The number of rotatable bonds is 2. The third-order valence-electron chi connectivity index (χ3n) is 0.946. The molecule has 0 bridgehead atoms. The molecule has 0 atom stereocenters. The zero-order valence-corrected chi connectivity index (χ0v) is 7.03. The summed E-state index contributed by atoms with van der Waals surface area (Å²) in [6, 6.07) is 0. The molecule has 0 radical (unpaired) electrons. The summed E-state index contributed by atoms with van der Waals surface area (Å²) in [4.78, 5) is 29.1. The molecule has 0 spiro atoms. The van der Waals surface area contributed by atoms with Crippen LogP contribution in [0.2, 0.25) is 0 Å². The molecule has 0 aromatic carbocycles. The van der Waals surface area contributed by atoms with Crippen LogP contribution in [-0.4, -0.2) is 26.9 Å². The lowest BCUT2D eigenvalue weighted by atomic mass is 10.5. The first-order valence-electron chi connectivity index (χ1n) is 3.47. The van der Waals surface area contributed by atoms with Crippen molar-refractivity contribution < 1.29 is 24.6 Å². The van der Waals surface area contributed by atoms with E-state index < -0.39 is 11.9 Å². The molecule has 0 unspecified atom stereocenters. The van der Waals surface area contributed by atoms with Gasteiger partial charge in [-0.25, -0.2) is 9.59 Å². The second-order valence-corrected chi connectivity index (χ2v) is 2.05. The molecule has 0 aliphatic carbocycles. The summed E-state index contributed by atoms with van der Waals surface area (Å²) >= 11 is 0. The van der Waals surface area contributed by atoms with Gasteiger partial charge in [-0.3, -0.25) is 0 Å². The number of carboxylic acid groups (broad SMARTS) is 2. The minimum atomic E-state index is -1.26. The molecule has 1 aliphatic heterocycles. The predicted molar refractivity (Wildman–Crippen MR) is 46.3 cm³/mol. The number of carbonyl (C=O) groups is 2. The van der Waals surface area contributed by atoms with E-state index in [1.54, 1.807) is 12.2 Å². The van der Waals surface area contributed by atoms with Crippen LogP contribution in [-0.2, 0) is 9.59 Å². The van der Waals surface area contributed by atoms with Gasteiger partial charge in [0.1, 0.15) is 0 Å². The van der Waals surface area contributed by atoms with Gasteiger partial charge in [0.05, 0.1) is 4.76 Å². The van der Waals surface area contributed by atoms with Gasteiger partial charge >= 0.3 is 11.9 Å². The quantitative estimate of drug-likeness (QED) is 0.498. The smallest absolute Gasteiger partial charge is 0.328 e. The van der Waals surface area contributed by atoms with Gasteiger partial charge < -0.3 is 10.2 Å². The molecule has 0 aromatic heterocycles. The molecule has 0 saturated heterocycles. The van der Waals surface area contributed by atoms with E-state index in [-0.39, 0.29) is 0 Å². The second kappa shape index (κ2) is 6.30. The fourth-order valence-corrected chi connectivity index (χ4v) is 0.461. The number of hydrogen-bond donors (Lipinski definition) is 2. The molecule has 1 heterocycles. The Kier molecular flexibility index (Phi) is 5.29. The highest BCUT2D eigenvalue weighted by Crippen LogP contribution is 1.88. The Morgan fingerprint density at radius 3 is 1.50 bits per heavy atom. The van der Waals surface area contributed by atoms with Crippen molar-refractivity contribution in [3.05, 3.63) is 41.6 Å². The molecule has 1 rings (SSSR count). The van der Waals surface area contributed by atoms with Gasteiger partial charge in [0.15, 0.2) is 0 Å². The predicted octanol–water partition coefficient (Wildman–Crippen LogP) is 0.518. The van der Waals surface area contributed by atoms with Crippen molar-refractivity contribution in [3.63, 3.8) is 0 Å². The van der Waals surface area contributed by atoms with Crippen molar-refractivity contribution in [1.82, 2.24) is 0 Å². The summed E-state index contributed by atoms with van der Waals surface area (Å²) < 4.78 is 0.750. The molecule has 1 aliphatic rings. The average molecular weight is 198 g/mol. The van der Waals surface area contributed by atoms with Gasteiger partial charge in [0.25, 0.3) is 0 Å². The van der Waals surface area contributed by atoms with Crippen LogP contribution in [0.1, 0.15) is 0 Å². The first-order chi connectivity index (χ1) is 6.52. The number of aliphatic carboxylic acids is 2. The maximum atomic E-state index is 9.99. The Morgan fingerprint density at radius 2 is 1.36 bits per heavy atom. The molecule has 6 nitrogen and oxygen atoms in total. The molecule has 0 amide bonds. The molecule has 0 saturated carbocycles. The summed E-state index contributed by atoms with van der Waals surface area (Å²) in [7, 11) is 0. The normalized spacial score (nSPS) is 12.7. The highest BCUT2D eigenvalue weighted by atomic mass is 16.4. The summed E-state index contributed by atoms with van der Waals surface area (Å²) in [6.07, 6.45) is 7.38. The third kappa shape index (κ3) is 7.86.